The highest BCUT2D eigenvalue weighted by Gasteiger charge is 2.32. The molecule has 4 heteroatoms. The lowest BCUT2D eigenvalue weighted by Crippen LogP contribution is -2.34. The van der Waals surface area contributed by atoms with Crippen molar-refractivity contribution in [2.24, 2.45) is 0 Å². The van der Waals surface area contributed by atoms with Crippen molar-refractivity contribution in [3.05, 3.63) is 23.8 Å². The number of rotatable bonds is 0. The van der Waals surface area contributed by atoms with Crippen LogP contribution in [0.5, 0.6) is 5.75 Å². The third-order valence-corrected chi connectivity index (χ3v) is 3.89. The van der Waals surface area contributed by atoms with Gasteiger partial charge in [-0.1, -0.05) is 11.8 Å². The number of nitrogens with zero attached hydrogens (tertiary/aromatic N) is 1. The van der Waals surface area contributed by atoms with Gasteiger partial charge in [0, 0.05) is 12.6 Å². The van der Waals surface area contributed by atoms with Crippen molar-refractivity contribution in [2.45, 2.75) is 31.3 Å². The molecule has 20 heavy (non-hydrogen) atoms. The molecular weight excluding hydrogens is 254 g/mol. The van der Waals surface area contributed by atoms with Crippen LogP contribution in [0.3, 0.4) is 0 Å². The van der Waals surface area contributed by atoms with Gasteiger partial charge in [-0.3, -0.25) is 4.79 Å². The number of ether oxygens (including phenoxy) is 1. The summed E-state index contributed by atoms with van der Waals surface area (Å²) in [6, 6.07) is 5.53. The molecule has 2 aliphatic rings. The number of carbonyl (C=O) groups excluding carboxylic acids is 1. The van der Waals surface area contributed by atoms with Crippen LogP contribution in [0.2, 0.25) is 0 Å². The summed E-state index contributed by atoms with van der Waals surface area (Å²) < 4.78 is 5.56. The van der Waals surface area contributed by atoms with Crippen LogP contribution in [-0.4, -0.2) is 30.3 Å². The number of aliphatic hydroxyl groups is 1. The molecule has 1 aliphatic heterocycles. The topological polar surface area (TPSA) is 49.8 Å². The second kappa shape index (κ2) is 4.84. The fraction of sp³-hybridized carbons (Fsp3) is 0.438. The summed E-state index contributed by atoms with van der Waals surface area (Å²) in [4.78, 5) is 13.4. The first-order chi connectivity index (χ1) is 9.57. The Morgan fingerprint density at radius 2 is 2.20 bits per heavy atom. The lowest BCUT2D eigenvalue weighted by Gasteiger charge is -2.30. The molecule has 1 saturated carbocycles. The van der Waals surface area contributed by atoms with E-state index in [4.69, 9.17) is 4.74 Å². The fourth-order valence-corrected chi connectivity index (χ4v) is 2.35. The molecule has 1 fully saturated rings. The van der Waals surface area contributed by atoms with Crippen molar-refractivity contribution in [2.75, 3.05) is 18.6 Å². The molecule has 0 radical (unpaired) electrons. The maximum Gasteiger partial charge on any atom is 0.230 e. The van der Waals surface area contributed by atoms with E-state index in [0.717, 1.165) is 30.5 Å². The van der Waals surface area contributed by atoms with Gasteiger partial charge in [0.05, 0.1) is 18.7 Å². The highest BCUT2D eigenvalue weighted by atomic mass is 16.5. The van der Waals surface area contributed by atoms with E-state index in [1.165, 1.54) is 0 Å². The van der Waals surface area contributed by atoms with Gasteiger partial charge >= 0.3 is 0 Å². The van der Waals surface area contributed by atoms with Crippen LogP contribution >= 0.6 is 0 Å². The number of hydrogen-bond acceptors (Lipinski definition) is 3. The first-order valence-electron chi connectivity index (χ1n) is 6.86. The number of hydrogen-bond donors (Lipinski definition) is 1. The van der Waals surface area contributed by atoms with E-state index in [-0.39, 0.29) is 5.91 Å². The lowest BCUT2D eigenvalue weighted by atomic mass is 9.81. The van der Waals surface area contributed by atoms with Crippen LogP contribution in [0.15, 0.2) is 18.2 Å². The number of carbonyl (C=O) groups is 1. The average molecular weight is 271 g/mol. The van der Waals surface area contributed by atoms with Gasteiger partial charge in [0.25, 0.3) is 0 Å². The van der Waals surface area contributed by atoms with Gasteiger partial charge in [0.15, 0.2) is 0 Å². The first kappa shape index (κ1) is 13.0. The Balaban J connectivity index is 1.91. The quantitative estimate of drug-likeness (QED) is 0.731. The Labute approximate surface area is 118 Å². The molecule has 1 heterocycles. The Morgan fingerprint density at radius 3 is 2.90 bits per heavy atom. The van der Waals surface area contributed by atoms with E-state index in [1.807, 2.05) is 18.2 Å². The summed E-state index contributed by atoms with van der Waals surface area (Å²) in [7, 11) is 1.74. The summed E-state index contributed by atoms with van der Waals surface area (Å²) in [6.07, 6.45) is 2.89. The zero-order valence-corrected chi connectivity index (χ0v) is 11.5. The molecule has 104 valence electrons. The van der Waals surface area contributed by atoms with E-state index in [2.05, 4.69) is 11.8 Å². The van der Waals surface area contributed by atoms with Crippen LogP contribution in [0.1, 0.15) is 31.2 Å². The molecule has 1 aromatic rings. The van der Waals surface area contributed by atoms with Crippen LogP contribution in [0, 0.1) is 11.8 Å². The monoisotopic (exact) mass is 271 g/mol. The van der Waals surface area contributed by atoms with Crippen molar-refractivity contribution in [1.29, 1.82) is 0 Å². The summed E-state index contributed by atoms with van der Waals surface area (Å²) >= 11 is 0. The zero-order chi connectivity index (χ0) is 14.2. The first-order valence-corrected chi connectivity index (χ1v) is 6.86. The van der Waals surface area contributed by atoms with Gasteiger partial charge in [0.2, 0.25) is 5.91 Å². The van der Waals surface area contributed by atoms with E-state index < -0.39 is 5.60 Å². The van der Waals surface area contributed by atoms with Gasteiger partial charge in [-0.05, 0) is 37.5 Å². The maximum atomic E-state index is 11.8. The molecule has 0 aromatic heterocycles. The van der Waals surface area contributed by atoms with E-state index in [1.54, 1.807) is 11.9 Å². The van der Waals surface area contributed by atoms with Crippen molar-refractivity contribution in [1.82, 2.24) is 0 Å². The summed E-state index contributed by atoms with van der Waals surface area (Å²) in [5.41, 5.74) is 0.708. The van der Waals surface area contributed by atoms with E-state index in [0.29, 0.717) is 18.8 Å². The average Bonchev–Trinajstić information content (AvgIpc) is 2.55. The molecule has 0 saturated heterocycles. The van der Waals surface area contributed by atoms with Crippen LogP contribution in [0.4, 0.5) is 5.69 Å². The smallest absolute Gasteiger partial charge is 0.230 e. The van der Waals surface area contributed by atoms with Crippen molar-refractivity contribution < 1.29 is 14.6 Å². The standard InChI is InChI=1S/C16H17NO3/c1-17-13-11-12(5-9-16(19)7-2-8-16)3-4-14(13)20-10-6-15(17)18/h3-4,11,19H,2,6-8,10H2,1H3. The molecule has 0 bridgehead atoms. The lowest BCUT2D eigenvalue weighted by molar-refractivity contribution is -0.118. The predicted octanol–water partition coefficient (Wildman–Crippen LogP) is 1.70. The van der Waals surface area contributed by atoms with E-state index >= 15 is 0 Å². The Bertz CT molecular complexity index is 608. The van der Waals surface area contributed by atoms with Gasteiger partial charge in [-0.25, -0.2) is 0 Å². The molecule has 1 amide bonds. The summed E-state index contributed by atoms with van der Waals surface area (Å²) in [5.74, 6) is 6.66. The molecule has 0 atom stereocenters. The second-order valence-electron chi connectivity index (χ2n) is 5.37. The highest BCUT2D eigenvalue weighted by Crippen LogP contribution is 2.32. The molecule has 0 spiro atoms. The van der Waals surface area contributed by atoms with Crippen molar-refractivity contribution in [3.63, 3.8) is 0 Å². The number of amides is 1. The molecule has 3 rings (SSSR count). The third kappa shape index (κ3) is 2.37. The van der Waals surface area contributed by atoms with Gasteiger partial charge in [-0.2, -0.15) is 0 Å². The Hall–Kier alpha value is -1.99. The normalized spacial score (nSPS) is 19.9. The molecule has 1 aromatic carbocycles. The number of fused-ring (bicyclic) bond motifs is 1. The predicted molar refractivity (Wildman–Crippen MR) is 75.6 cm³/mol. The van der Waals surface area contributed by atoms with Gasteiger partial charge < -0.3 is 14.7 Å². The fourth-order valence-electron chi connectivity index (χ4n) is 2.35. The summed E-state index contributed by atoms with van der Waals surface area (Å²) in [5, 5.41) is 9.99. The zero-order valence-electron chi connectivity index (χ0n) is 11.5. The number of anilines is 1. The SMILES string of the molecule is CN1C(=O)CCOc2ccc(C#CC3(O)CCC3)cc21. The molecule has 4 nitrogen and oxygen atoms in total. The minimum absolute atomic E-state index is 0.0338. The number of benzene rings is 1. The van der Waals surface area contributed by atoms with E-state index in [9.17, 15) is 9.90 Å². The van der Waals surface area contributed by atoms with Crippen molar-refractivity contribution >= 4 is 11.6 Å². The summed E-state index contributed by atoms with van der Waals surface area (Å²) in [6.45, 7) is 0.404. The largest absolute Gasteiger partial charge is 0.491 e. The maximum absolute atomic E-state index is 11.8. The van der Waals surface area contributed by atoms with Crippen molar-refractivity contribution in [3.8, 4) is 17.6 Å². The van der Waals surface area contributed by atoms with Crippen LogP contribution in [-0.2, 0) is 4.79 Å². The molecule has 1 aliphatic carbocycles. The van der Waals surface area contributed by atoms with Crippen LogP contribution in [0.25, 0.3) is 0 Å². The highest BCUT2D eigenvalue weighted by molar-refractivity contribution is 5.95. The molecular formula is C16H17NO3. The minimum Gasteiger partial charge on any atom is -0.491 e. The Morgan fingerprint density at radius 1 is 1.40 bits per heavy atom. The van der Waals surface area contributed by atoms with Gasteiger partial charge in [-0.15, -0.1) is 0 Å². The second-order valence-corrected chi connectivity index (χ2v) is 5.37. The minimum atomic E-state index is -0.814. The molecule has 1 N–H and O–H groups in total. The Kier molecular flexibility index (Phi) is 3.15. The van der Waals surface area contributed by atoms with Gasteiger partial charge in [0.1, 0.15) is 11.4 Å². The van der Waals surface area contributed by atoms with Crippen LogP contribution < -0.4 is 9.64 Å². The third-order valence-electron chi connectivity index (χ3n) is 3.89. The molecule has 0 unspecified atom stereocenters.